The zero-order valence-electron chi connectivity index (χ0n) is 8.77. The van der Waals surface area contributed by atoms with Crippen LogP contribution in [0.4, 0.5) is 5.69 Å². The average molecular weight is 292 g/mol. The van der Waals surface area contributed by atoms with Gasteiger partial charge in [0.2, 0.25) is 0 Å². The van der Waals surface area contributed by atoms with Crippen LogP contribution in [0.25, 0.3) is 0 Å². The van der Waals surface area contributed by atoms with Crippen molar-refractivity contribution in [2.24, 2.45) is 0 Å². The molecule has 0 unspecified atom stereocenters. The van der Waals surface area contributed by atoms with Gasteiger partial charge in [0, 0.05) is 30.9 Å². The first-order valence-electron chi connectivity index (χ1n) is 4.52. The van der Waals surface area contributed by atoms with Crippen LogP contribution in [0.2, 0.25) is 0 Å². The number of hydrogen-bond acceptors (Lipinski definition) is 3. The van der Waals surface area contributed by atoms with Crippen LogP contribution in [0.1, 0.15) is 0 Å². The molecule has 0 heterocycles. The molecule has 0 bridgehead atoms. The van der Waals surface area contributed by atoms with Gasteiger partial charge in [0.1, 0.15) is 0 Å². The average Bonchev–Trinajstić information content (AvgIpc) is 2.17. The highest BCUT2D eigenvalue weighted by atomic mass is 79.9. The van der Waals surface area contributed by atoms with Crippen LogP contribution >= 0.6 is 15.9 Å². The predicted molar refractivity (Wildman–Crippen MR) is 66.6 cm³/mol. The lowest BCUT2D eigenvalue weighted by Gasteiger charge is -2.17. The third-order valence-corrected chi connectivity index (χ3v) is 3.61. The molecule has 0 aliphatic carbocycles. The molecule has 0 saturated heterocycles. The highest BCUT2D eigenvalue weighted by Crippen LogP contribution is 2.16. The van der Waals surface area contributed by atoms with Gasteiger partial charge in [0.15, 0.2) is 9.84 Å². The number of hydrogen-bond donors (Lipinski definition) is 0. The molecule has 0 aromatic heterocycles. The molecule has 0 spiro atoms. The first kappa shape index (κ1) is 12.5. The zero-order valence-corrected chi connectivity index (χ0v) is 11.2. The lowest BCUT2D eigenvalue weighted by Crippen LogP contribution is -2.19. The van der Waals surface area contributed by atoms with Crippen molar-refractivity contribution >= 4 is 31.5 Å². The van der Waals surface area contributed by atoms with Crippen LogP contribution in [0.5, 0.6) is 0 Å². The van der Waals surface area contributed by atoms with E-state index in [9.17, 15) is 8.42 Å². The largest absolute Gasteiger partial charge is 0.374 e. The van der Waals surface area contributed by atoms with Crippen molar-refractivity contribution in [3.63, 3.8) is 0 Å². The molecule has 0 amide bonds. The van der Waals surface area contributed by atoms with E-state index in [1.54, 1.807) is 12.1 Å². The Morgan fingerprint density at radius 2 is 1.80 bits per heavy atom. The Morgan fingerprint density at radius 1 is 1.27 bits per heavy atom. The van der Waals surface area contributed by atoms with Crippen LogP contribution in [-0.2, 0) is 9.84 Å². The first-order chi connectivity index (χ1) is 6.95. The van der Waals surface area contributed by atoms with Crippen LogP contribution in [0, 0.1) is 0 Å². The summed E-state index contributed by atoms with van der Waals surface area (Å²) in [6.45, 7) is 0.887. The van der Waals surface area contributed by atoms with Crippen molar-refractivity contribution in [3.05, 3.63) is 24.3 Å². The molecule has 0 fully saturated rings. The Kier molecular flexibility index (Phi) is 4.16. The molecule has 0 N–H and O–H groups in total. The summed E-state index contributed by atoms with van der Waals surface area (Å²) in [5, 5.41) is 0.886. The van der Waals surface area contributed by atoms with Crippen LogP contribution < -0.4 is 4.90 Å². The summed E-state index contributed by atoms with van der Waals surface area (Å²) in [6, 6.07) is 6.91. The lowest BCUT2D eigenvalue weighted by atomic mass is 10.3. The van der Waals surface area contributed by atoms with Crippen LogP contribution in [0.15, 0.2) is 29.2 Å². The van der Waals surface area contributed by atoms with Crippen molar-refractivity contribution in [1.29, 1.82) is 0 Å². The maximum absolute atomic E-state index is 11.2. The standard InChI is InChI=1S/C10H14BrNO2S/c1-12(8-7-11)9-3-5-10(6-4-9)15(2,13)14/h3-6H,7-8H2,1-2H3. The van der Waals surface area contributed by atoms with E-state index < -0.39 is 9.84 Å². The van der Waals surface area contributed by atoms with Crippen LogP contribution in [0.3, 0.4) is 0 Å². The van der Waals surface area contributed by atoms with E-state index in [0.717, 1.165) is 17.6 Å². The quantitative estimate of drug-likeness (QED) is 0.796. The van der Waals surface area contributed by atoms with Crippen molar-refractivity contribution in [2.75, 3.05) is 30.1 Å². The van der Waals surface area contributed by atoms with E-state index in [0.29, 0.717) is 4.90 Å². The Bertz CT molecular complexity index is 414. The lowest BCUT2D eigenvalue weighted by molar-refractivity contribution is 0.602. The molecule has 0 saturated carbocycles. The number of halogens is 1. The maximum Gasteiger partial charge on any atom is 0.175 e. The van der Waals surface area contributed by atoms with Crippen molar-refractivity contribution in [1.82, 2.24) is 0 Å². The molecule has 0 atom stereocenters. The van der Waals surface area contributed by atoms with Gasteiger partial charge in [-0.2, -0.15) is 0 Å². The third-order valence-electron chi connectivity index (χ3n) is 2.13. The zero-order chi connectivity index (χ0) is 11.5. The van der Waals surface area contributed by atoms with Gasteiger partial charge >= 0.3 is 0 Å². The van der Waals surface area contributed by atoms with Crippen molar-refractivity contribution < 1.29 is 8.42 Å². The summed E-state index contributed by atoms with van der Waals surface area (Å²) in [6.07, 6.45) is 1.21. The molecule has 15 heavy (non-hydrogen) atoms. The molecule has 0 aliphatic rings. The summed E-state index contributed by atoms with van der Waals surface area (Å²) < 4.78 is 22.4. The van der Waals surface area contributed by atoms with E-state index in [1.165, 1.54) is 6.26 Å². The highest BCUT2D eigenvalue weighted by molar-refractivity contribution is 9.09. The van der Waals surface area contributed by atoms with Crippen molar-refractivity contribution in [2.45, 2.75) is 4.90 Å². The number of benzene rings is 1. The molecule has 1 rings (SSSR count). The van der Waals surface area contributed by atoms with Gasteiger partial charge in [-0.3, -0.25) is 0 Å². The topological polar surface area (TPSA) is 37.4 Å². The Hall–Kier alpha value is -0.550. The van der Waals surface area contributed by atoms with E-state index in [1.807, 2.05) is 19.2 Å². The second-order valence-electron chi connectivity index (χ2n) is 3.38. The molecule has 3 nitrogen and oxygen atoms in total. The van der Waals surface area contributed by atoms with E-state index in [4.69, 9.17) is 0 Å². The molecular formula is C10H14BrNO2S. The van der Waals surface area contributed by atoms with Gasteiger partial charge in [0.25, 0.3) is 0 Å². The molecule has 1 aromatic carbocycles. The number of alkyl halides is 1. The summed E-state index contributed by atoms with van der Waals surface area (Å²) in [7, 11) is -1.12. The molecule has 0 aliphatic heterocycles. The van der Waals surface area contributed by atoms with E-state index in [-0.39, 0.29) is 0 Å². The monoisotopic (exact) mass is 291 g/mol. The Labute approximate surface area is 99.1 Å². The fourth-order valence-electron chi connectivity index (χ4n) is 1.20. The second kappa shape index (κ2) is 4.99. The second-order valence-corrected chi connectivity index (χ2v) is 6.19. The van der Waals surface area contributed by atoms with Gasteiger partial charge in [0.05, 0.1) is 4.90 Å². The van der Waals surface area contributed by atoms with Crippen molar-refractivity contribution in [3.8, 4) is 0 Å². The van der Waals surface area contributed by atoms with Gasteiger partial charge in [-0.15, -0.1) is 0 Å². The Morgan fingerprint density at radius 3 is 2.20 bits per heavy atom. The predicted octanol–water partition coefficient (Wildman–Crippen LogP) is 1.92. The van der Waals surface area contributed by atoms with E-state index >= 15 is 0 Å². The normalized spacial score (nSPS) is 11.4. The van der Waals surface area contributed by atoms with E-state index in [2.05, 4.69) is 20.8 Å². The fourth-order valence-corrected chi connectivity index (χ4v) is 2.37. The summed E-state index contributed by atoms with van der Waals surface area (Å²) >= 11 is 3.36. The minimum Gasteiger partial charge on any atom is -0.374 e. The molecule has 84 valence electrons. The molecular weight excluding hydrogens is 278 g/mol. The summed E-state index contributed by atoms with van der Waals surface area (Å²) in [4.78, 5) is 2.42. The van der Waals surface area contributed by atoms with Crippen LogP contribution in [-0.4, -0.2) is 33.6 Å². The summed E-state index contributed by atoms with van der Waals surface area (Å²) in [5.41, 5.74) is 1.02. The SMILES string of the molecule is CN(CCBr)c1ccc(S(C)(=O)=O)cc1. The molecule has 0 radical (unpaired) electrons. The molecule has 5 heteroatoms. The fraction of sp³-hybridized carbons (Fsp3) is 0.400. The first-order valence-corrected chi connectivity index (χ1v) is 7.53. The van der Waals surface area contributed by atoms with Gasteiger partial charge in [-0.25, -0.2) is 8.42 Å². The summed E-state index contributed by atoms with van der Waals surface area (Å²) in [5.74, 6) is 0. The third kappa shape index (κ3) is 3.50. The number of rotatable bonds is 4. The number of anilines is 1. The highest BCUT2D eigenvalue weighted by Gasteiger charge is 2.07. The smallest absolute Gasteiger partial charge is 0.175 e. The van der Waals surface area contributed by atoms with Gasteiger partial charge in [-0.1, -0.05) is 15.9 Å². The minimum atomic E-state index is -3.09. The molecule has 1 aromatic rings. The maximum atomic E-state index is 11.2. The van der Waals surface area contributed by atoms with Gasteiger partial charge < -0.3 is 4.90 Å². The minimum absolute atomic E-state index is 0.360. The Balaban J connectivity index is 2.90. The number of nitrogens with zero attached hydrogens (tertiary/aromatic N) is 1. The number of sulfone groups is 1. The van der Waals surface area contributed by atoms with Gasteiger partial charge in [-0.05, 0) is 24.3 Å².